The third-order valence-corrected chi connectivity index (χ3v) is 3.27. The summed E-state index contributed by atoms with van der Waals surface area (Å²) in [7, 11) is 0. The molecule has 5 heteroatoms. The molecule has 102 valence electrons. The van der Waals surface area contributed by atoms with E-state index in [1.807, 2.05) is 42.5 Å². The summed E-state index contributed by atoms with van der Waals surface area (Å²) in [5, 5.41) is 11.9. The highest BCUT2D eigenvalue weighted by molar-refractivity contribution is 6.23. The average Bonchev–Trinajstić information content (AvgIpc) is 2.41. The molecular weight excluding hydrogens is 274 g/mol. The van der Waals surface area contributed by atoms with Crippen LogP contribution in [0.15, 0.2) is 42.0 Å². The van der Waals surface area contributed by atoms with Gasteiger partial charge < -0.3 is 11.1 Å². The first kappa shape index (κ1) is 14.1. The number of guanidine groups is 1. The SMILES string of the molecule is Cl.N=C(N)NCC1=Cc2cccc3cccc(c23)C1=O. The lowest BCUT2D eigenvalue weighted by Crippen LogP contribution is -2.33. The minimum Gasteiger partial charge on any atom is -0.370 e. The number of Topliss-reactive ketones (excluding diaryl/α,β-unsaturated/α-hetero) is 1. The molecule has 1 aliphatic carbocycles. The molecule has 0 aromatic heterocycles. The Morgan fingerprint density at radius 3 is 2.60 bits per heavy atom. The molecule has 0 fully saturated rings. The zero-order chi connectivity index (χ0) is 13.4. The van der Waals surface area contributed by atoms with Crippen molar-refractivity contribution in [1.82, 2.24) is 5.32 Å². The van der Waals surface area contributed by atoms with Crippen LogP contribution in [0.4, 0.5) is 0 Å². The molecule has 2 aromatic carbocycles. The van der Waals surface area contributed by atoms with Crippen LogP contribution < -0.4 is 11.1 Å². The summed E-state index contributed by atoms with van der Waals surface area (Å²) in [6, 6.07) is 11.7. The molecule has 2 aromatic rings. The van der Waals surface area contributed by atoms with Crippen LogP contribution in [0.1, 0.15) is 15.9 Å². The maximum atomic E-state index is 12.4. The van der Waals surface area contributed by atoms with Crippen LogP contribution in [0.3, 0.4) is 0 Å². The van der Waals surface area contributed by atoms with Crippen LogP contribution in [-0.4, -0.2) is 18.3 Å². The Kier molecular flexibility index (Phi) is 3.77. The number of hydrogen-bond acceptors (Lipinski definition) is 2. The Balaban J connectivity index is 0.00000147. The highest BCUT2D eigenvalue weighted by Crippen LogP contribution is 2.30. The normalized spacial score (nSPS) is 12.6. The molecule has 3 rings (SSSR count). The van der Waals surface area contributed by atoms with Gasteiger partial charge in [0, 0.05) is 23.1 Å². The highest BCUT2D eigenvalue weighted by Gasteiger charge is 2.21. The van der Waals surface area contributed by atoms with E-state index in [1.54, 1.807) is 0 Å². The van der Waals surface area contributed by atoms with E-state index in [2.05, 4.69) is 5.32 Å². The number of carbonyl (C=O) groups is 1. The molecule has 0 amide bonds. The summed E-state index contributed by atoms with van der Waals surface area (Å²) in [5.41, 5.74) is 7.64. The summed E-state index contributed by atoms with van der Waals surface area (Å²) >= 11 is 0. The predicted octanol–water partition coefficient (Wildman–Crippen LogP) is 2.32. The van der Waals surface area contributed by atoms with Gasteiger partial charge in [-0.2, -0.15) is 0 Å². The summed E-state index contributed by atoms with van der Waals surface area (Å²) in [6.45, 7) is 0.277. The van der Waals surface area contributed by atoms with Gasteiger partial charge in [0.05, 0.1) is 0 Å². The van der Waals surface area contributed by atoms with E-state index in [0.717, 1.165) is 21.9 Å². The Morgan fingerprint density at radius 1 is 1.20 bits per heavy atom. The molecule has 20 heavy (non-hydrogen) atoms. The number of ketones is 1. The van der Waals surface area contributed by atoms with Crippen LogP contribution in [0.2, 0.25) is 0 Å². The summed E-state index contributed by atoms with van der Waals surface area (Å²) < 4.78 is 0. The Bertz CT molecular complexity index is 732. The van der Waals surface area contributed by atoms with Gasteiger partial charge >= 0.3 is 0 Å². The van der Waals surface area contributed by atoms with E-state index in [1.165, 1.54) is 0 Å². The molecule has 4 N–H and O–H groups in total. The van der Waals surface area contributed by atoms with E-state index in [-0.39, 0.29) is 30.7 Å². The second kappa shape index (κ2) is 5.35. The van der Waals surface area contributed by atoms with E-state index >= 15 is 0 Å². The van der Waals surface area contributed by atoms with Crippen molar-refractivity contribution in [2.24, 2.45) is 5.73 Å². The minimum absolute atomic E-state index is 0. The van der Waals surface area contributed by atoms with Gasteiger partial charge in [0.1, 0.15) is 0 Å². The van der Waals surface area contributed by atoms with Crippen molar-refractivity contribution < 1.29 is 4.79 Å². The van der Waals surface area contributed by atoms with Gasteiger partial charge in [-0.05, 0) is 17.0 Å². The van der Waals surface area contributed by atoms with Crippen LogP contribution in [0.25, 0.3) is 16.8 Å². The fourth-order valence-corrected chi connectivity index (χ4v) is 2.43. The molecule has 0 bridgehead atoms. The second-order valence-electron chi connectivity index (χ2n) is 4.52. The summed E-state index contributed by atoms with van der Waals surface area (Å²) in [6.07, 6.45) is 1.87. The van der Waals surface area contributed by atoms with E-state index in [0.29, 0.717) is 5.57 Å². The lowest BCUT2D eigenvalue weighted by molar-refractivity contribution is 0.103. The number of nitrogens with two attached hydrogens (primary N) is 1. The lowest BCUT2D eigenvalue weighted by atomic mass is 9.88. The first-order valence-corrected chi connectivity index (χ1v) is 6.02. The van der Waals surface area contributed by atoms with E-state index in [4.69, 9.17) is 11.1 Å². The molecule has 0 radical (unpaired) electrons. The topological polar surface area (TPSA) is 79.0 Å². The van der Waals surface area contributed by atoms with Crippen molar-refractivity contribution in [3.8, 4) is 0 Å². The van der Waals surface area contributed by atoms with Gasteiger partial charge in [0.15, 0.2) is 11.7 Å². The monoisotopic (exact) mass is 287 g/mol. The number of benzene rings is 2. The molecule has 0 aliphatic heterocycles. The van der Waals surface area contributed by atoms with Crippen molar-refractivity contribution in [2.45, 2.75) is 0 Å². The summed E-state index contributed by atoms with van der Waals surface area (Å²) in [5.74, 6) is -0.135. The van der Waals surface area contributed by atoms with E-state index in [9.17, 15) is 4.79 Å². The van der Waals surface area contributed by atoms with Crippen molar-refractivity contribution in [1.29, 1.82) is 5.41 Å². The van der Waals surface area contributed by atoms with Gasteiger partial charge in [-0.25, -0.2) is 0 Å². The lowest BCUT2D eigenvalue weighted by Gasteiger charge is -2.17. The summed E-state index contributed by atoms with van der Waals surface area (Å²) in [4.78, 5) is 12.4. The Labute approximate surface area is 122 Å². The average molecular weight is 288 g/mol. The smallest absolute Gasteiger partial charge is 0.191 e. The number of nitrogens with one attached hydrogen (secondary N) is 2. The standard InChI is InChI=1S/C15H13N3O.ClH/c16-15(17)18-8-11-7-10-5-1-3-9-4-2-6-12(13(9)10)14(11)19;/h1-7H,8H2,(H4,16,17,18);1H. The molecule has 0 spiro atoms. The third-order valence-electron chi connectivity index (χ3n) is 3.27. The molecule has 0 saturated heterocycles. The first-order chi connectivity index (χ1) is 9.16. The molecule has 0 unspecified atom stereocenters. The first-order valence-electron chi connectivity index (χ1n) is 6.02. The van der Waals surface area contributed by atoms with Gasteiger partial charge in [0.25, 0.3) is 0 Å². The number of carbonyl (C=O) groups excluding carboxylic acids is 1. The van der Waals surface area contributed by atoms with Crippen LogP contribution in [0.5, 0.6) is 0 Å². The predicted molar refractivity (Wildman–Crippen MR) is 83.4 cm³/mol. The number of hydrogen-bond donors (Lipinski definition) is 3. The van der Waals surface area contributed by atoms with Crippen LogP contribution >= 0.6 is 12.4 Å². The molecular formula is C15H14ClN3O. The van der Waals surface area contributed by atoms with Gasteiger partial charge in [0.2, 0.25) is 0 Å². The largest absolute Gasteiger partial charge is 0.370 e. The zero-order valence-corrected chi connectivity index (χ0v) is 11.5. The molecule has 0 saturated carbocycles. The Morgan fingerprint density at radius 2 is 1.90 bits per heavy atom. The quantitative estimate of drug-likeness (QED) is 0.586. The maximum absolute atomic E-state index is 12.4. The molecule has 0 heterocycles. The van der Waals surface area contributed by atoms with Crippen LogP contribution in [0, 0.1) is 5.41 Å². The molecule has 4 nitrogen and oxygen atoms in total. The number of halogens is 1. The fraction of sp³-hybridized carbons (Fsp3) is 0.0667. The van der Waals surface area contributed by atoms with Gasteiger partial charge in [-0.3, -0.25) is 10.2 Å². The fourth-order valence-electron chi connectivity index (χ4n) is 2.43. The van der Waals surface area contributed by atoms with Crippen molar-refractivity contribution >= 4 is 41.0 Å². The Hall–Kier alpha value is -2.33. The highest BCUT2D eigenvalue weighted by atomic mass is 35.5. The van der Waals surface area contributed by atoms with Gasteiger partial charge in [-0.1, -0.05) is 36.4 Å². The minimum atomic E-state index is -0.134. The van der Waals surface area contributed by atoms with Crippen molar-refractivity contribution in [2.75, 3.05) is 6.54 Å². The number of rotatable bonds is 2. The zero-order valence-electron chi connectivity index (χ0n) is 10.6. The van der Waals surface area contributed by atoms with Crippen LogP contribution in [-0.2, 0) is 0 Å². The molecule has 1 aliphatic rings. The third kappa shape index (κ3) is 2.26. The second-order valence-corrected chi connectivity index (χ2v) is 4.52. The van der Waals surface area contributed by atoms with Gasteiger partial charge in [-0.15, -0.1) is 12.4 Å². The van der Waals surface area contributed by atoms with Crippen molar-refractivity contribution in [3.63, 3.8) is 0 Å². The molecule has 0 atom stereocenters. The maximum Gasteiger partial charge on any atom is 0.191 e. The van der Waals surface area contributed by atoms with E-state index < -0.39 is 0 Å². The van der Waals surface area contributed by atoms with Crippen molar-refractivity contribution in [3.05, 3.63) is 53.1 Å².